The highest BCUT2D eigenvalue weighted by Gasteiger charge is 2.04. The molecule has 0 aliphatic heterocycles. The van der Waals surface area contributed by atoms with Crippen LogP contribution in [0.1, 0.15) is 18.9 Å². The molecule has 0 saturated carbocycles. The van der Waals surface area contributed by atoms with Crippen LogP contribution in [-0.4, -0.2) is 24.0 Å². The highest BCUT2D eigenvalue weighted by molar-refractivity contribution is 6.32. The summed E-state index contributed by atoms with van der Waals surface area (Å²) in [5.41, 5.74) is 0.721. The van der Waals surface area contributed by atoms with Gasteiger partial charge in [0.25, 0.3) is 0 Å². The van der Waals surface area contributed by atoms with Gasteiger partial charge in [-0.2, -0.15) is 0 Å². The number of hydrogen-bond acceptors (Lipinski definition) is 4. The first-order valence-corrected chi connectivity index (χ1v) is 6.05. The van der Waals surface area contributed by atoms with Crippen LogP contribution in [-0.2, 0) is 16.1 Å². The molecule has 0 aliphatic rings. The Hall–Kier alpha value is -0.840. The zero-order valence-corrected chi connectivity index (χ0v) is 11.0. The van der Waals surface area contributed by atoms with Gasteiger partial charge in [0, 0.05) is 0 Å². The zero-order valence-electron chi connectivity index (χ0n) is 9.50. The molecule has 4 nitrogen and oxygen atoms in total. The molecule has 17 heavy (non-hydrogen) atoms. The van der Waals surface area contributed by atoms with Gasteiger partial charge in [0.1, 0.15) is 16.9 Å². The Morgan fingerprint density at radius 2 is 2.06 bits per heavy atom. The Labute approximate surface area is 110 Å². The molecular weight excluding hydrogens is 263 g/mol. The molecule has 0 bridgehead atoms. The summed E-state index contributed by atoms with van der Waals surface area (Å²) in [5, 5.41) is 3.52. The van der Waals surface area contributed by atoms with E-state index < -0.39 is 0 Å². The lowest BCUT2D eigenvalue weighted by Gasteiger charge is -2.06. The first kappa shape index (κ1) is 14.2. The van der Waals surface area contributed by atoms with Crippen LogP contribution < -0.4 is 5.32 Å². The largest absolute Gasteiger partial charge is 0.460 e. The Balaban J connectivity index is 2.36. The average molecular weight is 277 g/mol. The molecule has 0 aliphatic carbocycles. The minimum absolute atomic E-state index is 0.147. The number of aromatic nitrogens is 1. The Morgan fingerprint density at radius 1 is 1.41 bits per heavy atom. The molecule has 0 atom stereocenters. The van der Waals surface area contributed by atoms with Gasteiger partial charge in [0.05, 0.1) is 6.54 Å². The first-order chi connectivity index (χ1) is 8.11. The van der Waals surface area contributed by atoms with Crippen molar-refractivity contribution in [1.82, 2.24) is 10.3 Å². The SMILES string of the molecule is CCCNCC(=O)OCc1cc(Cl)nc(Cl)c1. The van der Waals surface area contributed by atoms with E-state index in [1.165, 1.54) is 0 Å². The number of carbonyl (C=O) groups is 1. The summed E-state index contributed by atoms with van der Waals surface area (Å²) in [7, 11) is 0. The van der Waals surface area contributed by atoms with Gasteiger partial charge in [0.2, 0.25) is 0 Å². The standard InChI is InChI=1S/C11H14Cl2N2O2/c1-2-3-14-6-11(16)17-7-8-4-9(12)15-10(13)5-8/h4-5,14H,2-3,6-7H2,1H3. The molecule has 1 aromatic rings. The van der Waals surface area contributed by atoms with E-state index in [1.54, 1.807) is 12.1 Å². The maximum Gasteiger partial charge on any atom is 0.320 e. The van der Waals surface area contributed by atoms with Crippen LogP contribution in [0.25, 0.3) is 0 Å². The maximum absolute atomic E-state index is 11.3. The lowest BCUT2D eigenvalue weighted by atomic mass is 10.3. The predicted molar refractivity (Wildman–Crippen MR) is 67.2 cm³/mol. The minimum Gasteiger partial charge on any atom is -0.460 e. The Bertz CT molecular complexity index is 365. The van der Waals surface area contributed by atoms with E-state index in [4.69, 9.17) is 27.9 Å². The minimum atomic E-state index is -0.303. The molecule has 1 heterocycles. The molecular formula is C11H14Cl2N2O2. The molecule has 0 radical (unpaired) electrons. The number of halogens is 2. The third kappa shape index (κ3) is 5.86. The molecule has 0 aromatic carbocycles. The topological polar surface area (TPSA) is 51.2 Å². The van der Waals surface area contributed by atoms with Crippen LogP contribution in [0.4, 0.5) is 0 Å². The van der Waals surface area contributed by atoms with Crippen molar-refractivity contribution in [3.63, 3.8) is 0 Å². The van der Waals surface area contributed by atoms with Crippen LogP contribution in [0.3, 0.4) is 0 Å². The number of nitrogens with one attached hydrogen (secondary N) is 1. The van der Waals surface area contributed by atoms with Gasteiger partial charge < -0.3 is 10.1 Å². The Kier molecular flexibility index (Phi) is 6.26. The molecule has 6 heteroatoms. The smallest absolute Gasteiger partial charge is 0.320 e. The second-order valence-corrected chi connectivity index (χ2v) is 4.23. The number of esters is 1. The van der Waals surface area contributed by atoms with Crippen molar-refractivity contribution in [3.8, 4) is 0 Å². The normalized spacial score (nSPS) is 10.3. The number of pyridine rings is 1. The van der Waals surface area contributed by atoms with Crippen molar-refractivity contribution < 1.29 is 9.53 Å². The number of hydrogen-bond donors (Lipinski definition) is 1. The molecule has 1 N–H and O–H groups in total. The quantitative estimate of drug-likeness (QED) is 0.493. The third-order valence-electron chi connectivity index (χ3n) is 1.92. The molecule has 0 fully saturated rings. The van der Waals surface area contributed by atoms with Crippen molar-refractivity contribution in [3.05, 3.63) is 28.0 Å². The van der Waals surface area contributed by atoms with Crippen LogP contribution in [0.5, 0.6) is 0 Å². The number of ether oxygens (including phenoxy) is 1. The van der Waals surface area contributed by atoms with Crippen molar-refractivity contribution in [2.75, 3.05) is 13.1 Å². The Morgan fingerprint density at radius 3 is 2.65 bits per heavy atom. The molecule has 0 amide bonds. The van der Waals surface area contributed by atoms with E-state index in [-0.39, 0.29) is 29.4 Å². The highest BCUT2D eigenvalue weighted by atomic mass is 35.5. The van der Waals surface area contributed by atoms with Gasteiger partial charge in [0.15, 0.2) is 0 Å². The second-order valence-electron chi connectivity index (χ2n) is 3.46. The molecule has 0 spiro atoms. The third-order valence-corrected chi connectivity index (χ3v) is 2.31. The zero-order chi connectivity index (χ0) is 12.7. The van der Waals surface area contributed by atoms with Crippen LogP contribution in [0.15, 0.2) is 12.1 Å². The summed E-state index contributed by atoms with van der Waals surface area (Å²) in [5.74, 6) is -0.303. The number of rotatable bonds is 6. The summed E-state index contributed by atoms with van der Waals surface area (Å²) >= 11 is 11.4. The van der Waals surface area contributed by atoms with Gasteiger partial charge in [-0.25, -0.2) is 4.98 Å². The van der Waals surface area contributed by atoms with Gasteiger partial charge in [-0.3, -0.25) is 4.79 Å². The van der Waals surface area contributed by atoms with E-state index in [0.29, 0.717) is 0 Å². The molecule has 94 valence electrons. The summed E-state index contributed by atoms with van der Waals surface area (Å²) in [4.78, 5) is 15.1. The molecule has 0 saturated heterocycles. The summed E-state index contributed by atoms with van der Waals surface area (Å²) in [6.45, 7) is 3.18. The van der Waals surface area contributed by atoms with E-state index in [0.717, 1.165) is 18.5 Å². The number of carbonyl (C=O) groups excluding carboxylic acids is 1. The van der Waals surface area contributed by atoms with Crippen molar-refractivity contribution in [2.45, 2.75) is 20.0 Å². The average Bonchev–Trinajstić information content (AvgIpc) is 2.25. The predicted octanol–water partition coefficient (Wildman–Crippen LogP) is 2.43. The molecule has 0 unspecified atom stereocenters. The highest BCUT2D eigenvalue weighted by Crippen LogP contribution is 2.15. The van der Waals surface area contributed by atoms with Gasteiger partial charge in [-0.15, -0.1) is 0 Å². The van der Waals surface area contributed by atoms with E-state index in [2.05, 4.69) is 10.3 Å². The van der Waals surface area contributed by atoms with Gasteiger partial charge in [-0.1, -0.05) is 30.1 Å². The van der Waals surface area contributed by atoms with Gasteiger partial charge >= 0.3 is 5.97 Å². The van der Waals surface area contributed by atoms with E-state index in [1.807, 2.05) is 6.92 Å². The van der Waals surface area contributed by atoms with Crippen molar-refractivity contribution in [2.24, 2.45) is 0 Å². The van der Waals surface area contributed by atoms with Crippen LogP contribution >= 0.6 is 23.2 Å². The van der Waals surface area contributed by atoms with Crippen LogP contribution in [0, 0.1) is 0 Å². The lowest BCUT2D eigenvalue weighted by Crippen LogP contribution is -2.25. The van der Waals surface area contributed by atoms with E-state index >= 15 is 0 Å². The van der Waals surface area contributed by atoms with Crippen LogP contribution in [0.2, 0.25) is 10.3 Å². The summed E-state index contributed by atoms with van der Waals surface area (Å²) in [6, 6.07) is 3.22. The second kappa shape index (κ2) is 7.48. The first-order valence-electron chi connectivity index (χ1n) is 5.30. The van der Waals surface area contributed by atoms with Crippen molar-refractivity contribution >= 4 is 29.2 Å². The monoisotopic (exact) mass is 276 g/mol. The fourth-order valence-corrected chi connectivity index (χ4v) is 1.69. The van der Waals surface area contributed by atoms with E-state index in [9.17, 15) is 4.79 Å². The van der Waals surface area contributed by atoms with Crippen molar-refractivity contribution in [1.29, 1.82) is 0 Å². The lowest BCUT2D eigenvalue weighted by molar-refractivity contribution is -0.143. The van der Waals surface area contributed by atoms with Gasteiger partial charge in [-0.05, 0) is 30.7 Å². The summed E-state index contributed by atoms with van der Waals surface area (Å²) in [6.07, 6.45) is 0.975. The summed E-state index contributed by atoms with van der Waals surface area (Å²) < 4.78 is 5.04. The molecule has 1 aromatic heterocycles. The molecule has 1 rings (SSSR count). The fourth-order valence-electron chi connectivity index (χ4n) is 1.18. The fraction of sp³-hybridized carbons (Fsp3) is 0.455. The maximum atomic E-state index is 11.3. The number of nitrogens with zero attached hydrogens (tertiary/aromatic N) is 1.